The average molecular weight is 162 g/mol. The zero-order valence-corrected chi connectivity index (χ0v) is 7.09. The van der Waals surface area contributed by atoms with Crippen molar-refractivity contribution in [1.82, 2.24) is 10.6 Å². The Kier molecular flexibility index (Phi) is 1.32. The third-order valence-corrected chi connectivity index (χ3v) is 3.31. The van der Waals surface area contributed by atoms with Gasteiger partial charge in [0.15, 0.2) is 0 Å². The van der Waals surface area contributed by atoms with E-state index in [4.69, 9.17) is 0 Å². The van der Waals surface area contributed by atoms with Gasteiger partial charge in [-0.3, -0.25) is 0 Å². The molecule has 2 nitrogen and oxygen atoms in total. The van der Waals surface area contributed by atoms with Gasteiger partial charge in [-0.2, -0.15) is 0 Å². The van der Waals surface area contributed by atoms with Crippen LogP contribution in [-0.2, 0) is 0 Å². The molecule has 0 aromatic rings. The maximum absolute atomic E-state index is 3.56. The van der Waals surface area contributed by atoms with Crippen molar-refractivity contribution in [2.24, 2.45) is 11.8 Å². The van der Waals surface area contributed by atoms with Gasteiger partial charge < -0.3 is 10.6 Å². The van der Waals surface area contributed by atoms with Gasteiger partial charge in [-0.25, -0.2) is 0 Å². The monoisotopic (exact) mass is 162 g/mol. The Bertz CT molecular complexity index is 255. The van der Waals surface area contributed by atoms with E-state index in [0.29, 0.717) is 6.04 Å². The van der Waals surface area contributed by atoms with Gasteiger partial charge in [-0.05, 0) is 25.0 Å². The molecule has 0 spiro atoms. The minimum Gasteiger partial charge on any atom is -0.388 e. The van der Waals surface area contributed by atoms with Crippen molar-refractivity contribution < 1.29 is 0 Å². The van der Waals surface area contributed by atoms with Crippen molar-refractivity contribution in [2.45, 2.75) is 12.5 Å². The lowest BCUT2D eigenvalue weighted by molar-refractivity contribution is 0.350. The molecule has 2 saturated heterocycles. The fourth-order valence-corrected chi connectivity index (χ4v) is 2.72. The van der Waals surface area contributed by atoms with E-state index in [-0.39, 0.29) is 0 Å². The van der Waals surface area contributed by atoms with Gasteiger partial charge in [0.05, 0.1) is 0 Å². The summed E-state index contributed by atoms with van der Waals surface area (Å²) in [5.41, 5.74) is 1.46. The van der Waals surface area contributed by atoms with Gasteiger partial charge in [0.2, 0.25) is 0 Å². The second-order valence-electron chi connectivity index (χ2n) is 3.94. The largest absolute Gasteiger partial charge is 0.388 e. The molecule has 3 unspecified atom stereocenters. The average Bonchev–Trinajstić information content (AvgIpc) is 2.52. The van der Waals surface area contributed by atoms with Crippen LogP contribution in [0.2, 0.25) is 0 Å². The maximum Gasteiger partial charge on any atom is 0.0339 e. The Labute approximate surface area is 72.7 Å². The summed E-state index contributed by atoms with van der Waals surface area (Å²) in [5.74, 6) is 1.64. The van der Waals surface area contributed by atoms with E-state index >= 15 is 0 Å². The molecule has 2 N–H and O–H groups in total. The summed E-state index contributed by atoms with van der Waals surface area (Å²) >= 11 is 0. The topological polar surface area (TPSA) is 24.1 Å². The second kappa shape index (κ2) is 2.36. The number of piperidine rings is 1. The van der Waals surface area contributed by atoms with Crippen LogP contribution in [0.15, 0.2) is 23.9 Å². The molecule has 3 aliphatic rings. The molecular weight excluding hydrogens is 148 g/mol. The lowest BCUT2D eigenvalue weighted by Gasteiger charge is -2.32. The lowest BCUT2D eigenvalue weighted by atomic mass is 9.80. The Balaban J connectivity index is 1.99. The van der Waals surface area contributed by atoms with E-state index in [1.807, 2.05) is 0 Å². The highest BCUT2D eigenvalue weighted by Gasteiger charge is 2.39. The molecule has 0 radical (unpaired) electrons. The highest BCUT2D eigenvalue weighted by molar-refractivity contribution is 5.28. The predicted molar refractivity (Wildman–Crippen MR) is 48.6 cm³/mol. The molecule has 2 fully saturated rings. The first kappa shape index (κ1) is 6.72. The van der Waals surface area contributed by atoms with Gasteiger partial charge in [0.1, 0.15) is 0 Å². The second-order valence-corrected chi connectivity index (χ2v) is 3.94. The zero-order valence-electron chi connectivity index (χ0n) is 7.09. The fraction of sp³-hybridized carbons (Fsp3) is 0.600. The molecule has 2 heterocycles. The van der Waals surface area contributed by atoms with Crippen molar-refractivity contribution in [3.05, 3.63) is 23.9 Å². The van der Waals surface area contributed by atoms with Crippen LogP contribution >= 0.6 is 0 Å². The van der Waals surface area contributed by atoms with Crippen molar-refractivity contribution in [3.8, 4) is 0 Å². The molecular formula is C10H14N2. The normalized spacial score (nSPS) is 43.3. The van der Waals surface area contributed by atoms with Crippen molar-refractivity contribution in [2.75, 3.05) is 13.1 Å². The van der Waals surface area contributed by atoms with E-state index in [9.17, 15) is 0 Å². The molecule has 0 aromatic carbocycles. The molecule has 0 amide bonds. The Hall–Kier alpha value is -0.760. The van der Waals surface area contributed by atoms with Crippen LogP contribution in [0.5, 0.6) is 0 Å². The molecule has 3 rings (SSSR count). The Morgan fingerprint density at radius 3 is 3.42 bits per heavy atom. The van der Waals surface area contributed by atoms with Crippen LogP contribution in [0.1, 0.15) is 6.42 Å². The molecule has 64 valence electrons. The van der Waals surface area contributed by atoms with Crippen molar-refractivity contribution in [1.29, 1.82) is 0 Å². The van der Waals surface area contributed by atoms with E-state index in [1.54, 1.807) is 0 Å². The highest BCUT2D eigenvalue weighted by atomic mass is 15.0. The molecule has 2 heteroatoms. The number of nitrogens with one attached hydrogen (secondary N) is 2. The molecule has 0 bridgehead atoms. The number of allylic oxidation sites excluding steroid dienone is 2. The van der Waals surface area contributed by atoms with Gasteiger partial charge >= 0.3 is 0 Å². The van der Waals surface area contributed by atoms with E-state index in [1.165, 1.54) is 18.7 Å². The van der Waals surface area contributed by atoms with Crippen LogP contribution in [-0.4, -0.2) is 19.1 Å². The van der Waals surface area contributed by atoms with Crippen LogP contribution in [0, 0.1) is 11.8 Å². The van der Waals surface area contributed by atoms with Crippen molar-refractivity contribution in [3.63, 3.8) is 0 Å². The quantitative estimate of drug-likeness (QED) is 0.546. The third-order valence-electron chi connectivity index (χ3n) is 3.31. The van der Waals surface area contributed by atoms with Crippen LogP contribution in [0.25, 0.3) is 0 Å². The van der Waals surface area contributed by atoms with Gasteiger partial charge in [-0.1, -0.05) is 12.2 Å². The van der Waals surface area contributed by atoms with E-state index in [0.717, 1.165) is 18.4 Å². The standard InChI is InChI=1S/C10H14N2/c1-2-8-10-7(4-5-11-8)6-12-9(10)3-1/h1-3,7,9-12H,4-6H2. The van der Waals surface area contributed by atoms with Gasteiger partial charge in [0.25, 0.3) is 0 Å². The minimum absolute atomic E-state index is 0.614. The number of hydrogen-bond acceptors (Lipinski definition) is 2. The zero-order chi connectivity index (χ0) is 7.97. The Morgan fingerprint density at radius 2 is 2.42 bits per heavy atom. The summed E-state index contributed by atoms with van der Waals surface area (Å²) in [5, 5.41) is 7.05. The Morgan fingerprint density at radius 1 is 1.42 bits per heavy atom. The van der Waals surface area contributed by atoms with Gasteiger partial charge in [0, 0.05) is 24.2 Å². The third kappa shape index (κ3) is 0.787. The molecule has 1 aliphatic carbocycles. The van der Waals surface area contributed by atoms with Crippen molar-refractivity contribution >= 4 is 0 Å². The summed E-state index contributed by atoms with van der Waals surface area (Å²) in [4.78, 5) is 0. The summed E-state index contributed by atoms with van der Waals surface area (Å²) < 4.78 is 0. The number of rotatable bonds is 0. The molecule has 0 aromatic heterocycles. The van der Waals surface area contributed by atoms with E-state index < -0.39 is 0 Å². The fourth-order valence-electron chi connectivity index (χ4n) is 2.72. The first-order chi connectivity index (χ1) is 5.95. The predicted octanol–water partition coefficient (Wildman–Crippen LogP) is 0.638. The number of hydrogen-bond donors (Lipinski definition) is 2. The van der Waals surface area contributed by atoms with Crippen LogP contribution < -0.4 is 10.6 Å². The summed E-state index contributed by atoms with van der Waals surface area (Å²) in [6.45, 7) is 2.37. The van der Waals surface area contributed by atoms with E-state index in [2.05, 4.69) is 28.9 Å². The van der Waals surface area contributed by atoms with Gasteiger partial charge in [-0.15, -0.1) is 0 Å². The van der Waals surface area contributed by atoms with Crippen LogP contribution in [0.3, 0.4) is 0 Å². The summed E-state index contributed by atoms with van der Waals surface area (Å²) in [6, 6.07) is 0.614. The highest BCUT2D eigenvalue weighted by Crippen LogP contribution is 2.35. The first-order valence-corrected chi connectivity index (χ1v) is 4.81. The van der Waals surface area contributed by atoms with Crippen LogP contribution in [0.4, 0.5) is 0 Å². The minimum atomic E-state index is 0.614. The molecule has 3 atom stereocenters. The molecule has 12 heavy (non-hydrogen) atoms. The first-order valence-electron chi connectivity index (χ1n) is 4.81. The summed E-state index contributed by atoms with van der Waals surface area (Å²) in [6.07, 6.45) is 8.03. The maximum atomic E-state index is 3.56. The summed E-state index contributed by atoms with van der Waals surface area (Å²) in [7, 11) is 0. The smallest absolute Gasteiger partial charge is 0.0339 e. The SMILES string of the molecule is C1=CC2NCC3CCNC(=C1)C32. The lowest BCUT2D eigenvalue weighted by Crippen LogP contribution is -2.38. The molecule has 0 saturated carbocycles. The molecule has 2 aliphatic heterocycles.